The van der Waals surface area contributed by atoms with Crippen LogP contribution in [-0.4, -0.2) is 72.1 Å². The molecule has 1 heterocycles. The summed E-state index contributed by atoms with van der Waals surface area (Å²) < 4.78 is 5.30. The van der Waals surface area contributed by atoms with E-state index in [0.717, 1.165) is 45.1 Å². The molecule has 1 saturated carbocycles. The van der Waals surface area contributed by atoms with Crippen molar-refractivity contribution < 1.29 is 19.7 Å². The quantitative estimate of drug-likeness (QED) is 0.344. The largest absolute Gasteiger partial charge is 0.392 e. The molecule has 3 rings (SSSR count). The molecule has 0 bridgehead atoms. The van der Waals surface area contributed by atoms with Gasteiger partial charge in [0.25, 0.3) is 0 Å². The summed E-state index contributed by atoms with van der Waals surface area (Å²) in [7, 11) is 0. The SMILES string of the molecule is CCCC[C@](C)(O)C/C=C/[C@@H]1[C@H]2CC(CCNCC(=O)N3CCOCC3)=C[C@H]2C[C@H]1O. The highest BCUT2D eigenvalue weighted by atomic mass is 16.5. The zero-order valence-corrected chi connectivity index (χ0v) is 19.4. The lowest BCUT2D eigenvalue weighted by Gasteiger charge is -2.27. The van der Waals surface area contributed by atoms with Crippen LogP contribution in [-0.2, 0) is 9.53 Å². The molecule has 31 heavy (non-hydrogen) atoms. The summed E-state index contributed by atoms with van der Waals surface area (Å²) in [5.74, 6) is 1.26. The maximum atomic E-state index is 12.2. The highest BCUT2D eigenvalue weighted by Crippen LogP contribution is 2.48. The molecule has 0 aromatic carbocycles. The first-order valence-corrected chi connectivity index (χ1v) is 12.2. The molecule has 5 atom stereocenters. The van der Waals surface area contributed by atoms with Gasteiger partial charge in [0.15, 0.2) is 0 Å². The van der Waals surface area contributed by atoms with Crippen molar-refractivity contribution in [3.8, 4) is 0 Å². The average molecular weight is 435 g/mol. The van der Waals surface area contributed by atoms with Gasteiger partial charge >= 0.3 is 0 Å². The van der Waals surface area contributed by atoms with Gasteiger partial charge in [-0.25, -0.2) is 0 Å². The highest BCUT2D eigenvalue weighted by molar-refractivity contribution is 5.78. The molecular formula is C25H42N2O4. The van der Waals surface area contributed by atoms with Crippen molar-refractivity contribution in [3.63, 3.8) is 0 Å². The smallest absolute Gasteiger partial charge is 0.236 e. The van der Waals surface area contributed by atoms with Crippen LogP contribution in [0.3, 0.4) is 0 Å². The average Bonchev–Trinajstić information content (AvgIpc) is 3.27. The number of amides is 1. The van der Waals surface area contributed by atoms with Gasteiger partial charge in [-0.2, -0.15) is 0 Å². The first-order chi connectivity index (χ1) is 14.9. The van der Waals surface area contributed by atoms with E-state index < -0.39 is 5.60 Å². The van der Waals surface area contributed by atoms with Crippen LogP contribution >= 0.6 is 0 Å². The molecule has 1 amide bonds. The van der Waals surface area contributed by atoms with E-state index in [1.807, 2.05) is 11.8 Å². The van der Waals surface area contributed by atoms with Crippen molar-refractivity contribution in [2.24, 2.45) is 17.8 Å². The van der Waals surface area contributed by atoms with E-state index in [2.05, 4.69) is 30.5 Å². The molecule has 2 aliphatic carbocycles. The summed E-state index contributed by atoms with van der Waals surface area (Å²) in [5.41, 5.74) is 0.792. The van der Waals surface area contributed by atoms with Crippen molar-refractivity contribution in [2.75, 3.05) is 39.4 Å². The number of carbonyl (C=O) groups excluding carboxylic acids is 1. The third-order valence-corrected chi connectivity index (χ3v) is 7.20. The fraction of sp³-hybridized carbons (Fsp3) is 0.800. The number of allylic oxidation sites excluding steroid dienone is 1. The number of nitrogens with one attached hydrogen (secondary N) is 1. The molecule has 0 radical (unpaired) electrons. The van der Waals surface area contributed by atoms with Gasteiger partial charge in [-0.3, -0.25) is 4.79 Å². The summed E-state index contributed by atoms with van der Waals surface area (Å²) >= 11 is 0. The Balaban J connectivity index is 1.39. The van der Waals surface area contributed by atoms with Gasteiger partial charge in [0.05, 0.1) is 31.5 Å². The zero-order valence-electron chi connectivity index (χ0n) is 19.4. The van der Waals surface area contributed by atoms with E-state index in [-0.39, 0.29) is 17.9 Å². The number of carbonyl (C=O) groups is 1. The molecule has 0 aromatic rings. The Morgan fingerprint density at radius 2 is 2.16 bits per heavy atom. The number of hydrogen-bond donors (Lipinski definition) is 3. The summed E-state index contributed by atoms with van der Waals surface area (Å²) in [6, 6.07) is 0. The standard InChI is InChI=1S/C25H42N2O4/c1-3-4-8-25(2,30)9-5-6-21-22-16-19(15-20(22)17-23(21)28)7-10-26-18-24(29)27-11-13-31-14-12-27/h5-6,15,20-23,26,28,30H,3-4,7-14,16-18H2,1-2H3/b6-5+/t20-,21+,22-,23+,25-/m0/s1. The summed E-state index contributed by atoms with van der Waals surface area (Å²) in [5, 5.41) is 24.3. The second-order valence-corrected chi connectivity index (χ2v) is 9.89. The van der Waals surface area contributed by atoms with E-state index in [1.54, 1.807) is 0 Å². The second-order valence-electron chi connectivity index (χ2n) is 9.89. The summed E-state index contributed by atoms with van der Waals surface area (Å²) in [4.78, 5) is 14.1. The van der Waals surface area contributed by atoms with E-state index in [0.29, 0.717) is 51.1 Å². The number of rotatable bonds is 11. The number of aliphatic hydroxyl groups is 2. The van der Waals surface area contributed by atoms with Crippen molar-refractivity contribution in [1.82, 2.24) is 10.2 Å². The first-order valence-electron chi connectivity index (χ1n) is 12.2. The van der Waals surface area contributed by atoms with Crippen LogP contribution in [0.1, 0.15) is 58.8 Å². The molecule has 1 saturated heterocycles. The maximum absolute atomic E-state index is 12.2. The minimum Gasteiger partial charge on any atom is -0.392 e. The van der Waals surface area contributed by atoms with Crippen LogP contribution in [0.2, 0.25) is 0 Å². The van der Waals surface area contributed by atoms with E-state index in [1.165, 1.54) is 5.57 Å². The Bertz CT molecular complexity index is 639. The third-order valence-electron chi connectivity index (χ3n) is 7.20. The lowest BCUT2D eigenvalue weighted by molar-refractivity contribution is -0.134. The van der Waals surface area contributed by atoms with E-state index in [9.17, 15) is 15.0 Å². The first kappa shape index (κ1) is 24.4. The van der Waals surface area contributed by atoms with Crippen LogP contribution in [0, 0.1) is 17.8 Å². The molecule has 3 N–H and O–H groups in total. The second kappa shape index (κ2) is 11.6. The van der Waals surface area contributed by atoms with Crippen molar-refractivity contribution in [1.29, 1.82) is 0 Å². The topological polar surface area (TPSA) is 82.0 Å². The Hall–Kier alpha value is -1.21. The number of nitrogens with zero attached hydrogens (tertiary/aromatic N) is 1. The zero-order chi connectivity index (χ0) is 22.3. The van der Waals surface area contributed by atoms with Crippen LogP contribution in [0.4, 0.5) is 0 Å². The summed E-state index contributed by atoms with van der Waals surface area (Å²) in [6.45, 7) is 7.92. The maximum Gasteiger partial charge on any atom is 0.236 e. The van der Waals surface area contributed by atoms with Gasteiger partial charge in [-0.1, -0.05) is 43.6 Å². The molecule has 2 fully saturated rings. The van der Waals surface area contributed by atoms with Crippen molar-refractivity contribution in [3.05, 3.63) is 23.8 Å². The normalized spacial score (nSPS) is 30.5. The van der Waals surface area contributed by atoms with E-state index >= 15 is 0 Å². The van der Waals surface area contributed by atoms with Crippen molar-refractivity contribution in [2.45, 2.75) is 70.5 Å². The molecule has 3 aliphatic rings. The number of morpholine rings is 1. The minimum absolute atomic E-state index is 0.156. The Kier molecular flexibility index (Phi) is 9.14. The monoisotopic (exact) mass is 434 g/mol. The molecule has 0 unspecified atom stereocenters. The fourth-order valence-corrected chi connectivity index (χ4v) is 5.30. The minimum atomic E-state index is -0.654. The highest BCUT2D eigenvalue weighted by Gasteiger charge is 2.43. The molecule has 6 heteroatoms. The number of aliphatic hydroxyl groups excluding tert-OH is 1. The lowest BCUT2D eigenvalue weighted by Crippen LogP contribution is -2.44. The molecule has 0 spiro atoms. The predicted octanol–water partition coefficient (Wildman–Crippen LogP) is 2.66. The van der Waals surface area contributed by atoms with Gasteiger partial charge in [-0.05, 0) is 57.4 Å². The molecule has 0 aromatic heterocycles. The Morgan fingerprint density at radius 1 is 1.39 bits per heavy atom. The van der Waals surface area contributed by atoms with Gasteiger partial charge in [0.2, 0.25) is 5.91 Å². The van der Waals surface area contributed by atoms with Gasteiger partial charge in [0.1, 0.15) is 0 Å². The number of ether oxygens (including phenoxy) is 1. The third kappa shape index (κ3) is 7.14. The fourth-order valence-electron chi connectivity index (χ4n) is 5.30. The Labute approximate surface area is 187 Å². The van der Waals surface area contributed by atoms with Crippen LogP contribution in [0.15, 0.2) is 23.8 Å². The van der Waals surface area contributed by atoms with Crippen LogP contribution in [0.5, 0.6) is 0 Å². The van der Waals surface area contributed by atoms with Gasteiger partial charge in [0, 0.05) is 19.0 Å². The van der Waals surface area contributed by atoms with Gasteiger partial charge in [-0.15, -0.1) is 0 Å². The van der Waals surface area contributed by atoms with Crippen molar-refractivity contribution >= 4 is 5.91 Å². The van der Waals surface area contributed by atoms with Gasteiger partial charge < -0.3 is 25.2 Å². The molecule has 176 valence electrons. The van der Waals surface area contributed by atoms with Crippen LogP contribution < -0.4 is 5.32 Å². The Morgan fingerprint density at radius 3 is 2.90 bits per heavy atom. The number of hydrogen-bond acceptors (Lipinski definition) is 5. The summed E-state index contributed by atoms with van der Waals surface area (Å²) in [6.07, 6.45) is 12.7. The van der Waals surface area contributed by atoms with E-state index in [4.69, 9.17) is 4.74 Å². The number of unbranched alkanes of at least 4 members (excludes halogenated alkanes) is 1. The van der Waals surface area contributed by atoms with Crippen LogP contribution in [0.25, 0.3) is 0 Å². The molecule has 1 aliphatic heterocycles. The molecular weight excluding hydrogens is 392 g/mol. The predicted molar refractivity (Wildman–Crippen MR) is 123 cm³/mol. The number of fused-ring (bicyclic) bond motifs is 1. The lowest BCUT2D eigenvalue weighted by atomic mass is 9.88. The molecule has 6 nitrogen and oxygen atoms in total.